The van der Waals surface area contributed by atoms with Crippen LogP contribution in [-0.2, 0) is 20.9 Å². The molecule has 0 radical (unpaired) electrons. The molecule has 0 atom stereocenters. The first-order valence-corrected chi connectivity index (χ1v) is 5.70. The highest BCUT2D eigenvalue weighted by Gasteiger charge is 1.96. The van der Waals surface area contributed by atoms with E-state index in [9.17, 15) is 4.79 Å². The van der Waals surface area contributed by atoms with Crippen molar-refractivity contribution in [2.75, 3.05) is 19.8 Å². The number of carboxylic acid groups (broad SMARTS) is 1. The van der Waals surface area contributed by atoms with Crippen molar-refractivity contribution in [1.29, 1.82) is 0 Å². The van der Waals surface area contributed by atoms with Gasteiger partial charge >= 0.3 is 5.97 Å². The number of hydrogen-bond donors (Lipinski definition) is 1. The van der Waals surface area contributed by atoms with Crippen molar-refractivity contribution in [1.82, 2.24) is 0 Å². The molecule has 17 heavy (non-hydrogen) atoms. The summed E-state index contributed by atoms with van der Waals surface area (Å²) in [6.45, 7) is 1.55. The van der Waals surface area contributed by atoms with E-state index in [1.165, 1.54) is 0 Å². The van der Waals surface area contributed by atoms with E-state index in [2.05, 4.69) is 0 Å². The van der Waals surface area contributed by atoms with E-state index in [0.29, 0.717) is 19.8 Å². The van der Waals surface area contributed by atoms with Crippen molar-refractivity contribution in [2.45, 2.75) is 19.4 Å². The van der Waals surface area contributed by atoms with E-state index in [1.807, 2.05) is 30.3 Å². The van der Waals surface area contributed by atoms with Crippen LogP contribution in [0, 0.1) is 0 Å². The fourth-order valence-corrected chi connectivity index (χ4v) is 1.33. The second-order valence-electron chi connectivity index (χ2n) is 3.69. The Hall–Kier alpha value is -1.39. The van der Waals surface area contributed by atoms with E-state index >= 15 is 0 Å². The minimum Gasteiger partial charge on any atom is -0.480 e. The quantitative estimate of drug-likeness (QED) is 0.669. The highest BCUT2D eigenvalue weighted by molar-refractivity contribution is 5.67. The Morgan fingerprint density at radius 1 is 1.06 bits per heavy atom. The van der Waals surface area contributed by atoms with Crippen LogP contribution in [0.2, 0.25) is 0 Å². The smallest absolute Gasteiger partial charge is 0.329 e. The highest BCUT2D eigenvalue weighted by atomic mass is 16.5. The van der Waals surface area contributed by atoms with Crippen LogP contribution in [0.4, 0.5) is 0 Å². The number of carbonyl (C=O) groups is 1. The van der Waals surface area contributed by atoms with E-state index < -0.39 is 5.97 Å². The normalized spacial score (nSPS) is 10.4. The molecule has 0 heterocycles. The summed E-state index contributed by atoms with van der Waals surface area (Å²) >= 11 is 0. The van der Waals surface area contributed by atoms with Crippen LogP contribution in [0.5, 0.6) is 0 Å². The van der Waals surface area contributed by atoms with Crippen LogP contribution in [0.15, 0.2) is 30.3 Å². The first-order valence-electron chi connectivity index (χ1n) is 5.70. The summed E-state index contributed by atoms with van der Waals surface area (Å²) in [7, 11) is 0. The lowest BCUT2D eigenvalue weighted by Crippen LogP contribution is -2.08. The van der Waals surface area contributed by atoms with Gasteiger partial charge in [-0.25, -0.2) is 4.79 Å². The summed E-state index contributed by atoms with van der Waals surface area (Å²) in [5.41, 5.74) is 1.16. The van der Waals surface area contributed by atoms with E-state index in [1.54, 1.807) is 0 Å². The molecule has 0 aromatic heterocycles. The number of carboxylic acids is 1. The fourth-order valence-electron chi connectivity index (χ4n) is 1.33. The molecular formula is C13H18O4. The SMILES string of the molecule is O=C(O)COCCCCOCc1ccccc1. The lowest BCUT2D eigenvalue weighted by molar-refractivity contribution is -0.142. The maximum Gasteiger partial charge on any atom is 0.329 e. The van der Waals surface area contributed by atoms with Crippen LogP contribution < -0.4 is 0 Å². The number of unbranched alkanes of at least 4 members (excludes halogenated alkanes) is 1. The van der Waals surface area contributed by atoms with Crippen LogP contribution in [-0.4, -0.2) is 30.9 Å². The van der Waals surface area contributed by atoms with Gasteiger partial charge in [0.2, 0.25) is 0 Å². The van der Waals surface area contributed by atoms with E-state index in [-0.39, 0.29) is 6.61 Å². The van der Waals surface area contributed by atoms with Crippen molar-refractivity contribution >= 4 is 5.97 Å². The summed E-state index contributed by atoms with van der Waals surface area (Å²) in [5, 5.41) is 8.33. The molecule has 0 fully saturated rings. The molecular weight excluding hydrogens is 220 g/mol. The number of ether oxygens (including phenoxy) is 2. The molecule has 1 aromatic carbocycles. The number of benzene rings is 1. The van der Waals surface area contributed by atoms with Gasteiger partial charge in [0, 0.05) is 13.2 Å². The maximum atomic E-state index is 10.1. The minimum atomic E-state index is -0.926. The maximum absolute atomic E-state index is 10.1. The summed E-state index contributed by atoms with van der Waals surface area (Å²) in [6, 6.07) is 9.99. The van der Waals surface area contributed by atoms with Gasteiger partial charge in [-0.05, 0) is 18.4 Å². The average molecular weight is 238 g/mol. The zero-order valence-electron chi connectivity index (χ0n) is 9.80. The van der Waals surface area contributed by atoms with Gasteiger partial charge in [-0.1, -0.05) is 30.3 Å². The Bertz CT molecular complexity index is 310. The Kier molecular flexibility index (Phi) is 7.02. The van der Waals surface area contributed by atoms with Gasteiger partial charge in [0.15, 0.2) is 0 Å². The number of aliphatic carboxylic acids is 1. The molecule has 4 nitrogen and oxygen atoms in total. The topological polar surface area (TPSA) is 55.8 Å². The molecule has 0 aliphatic carbocycles. The molecule has 0 aliphatic rings. The van der Waals surface area contributed by atoms with Crippen LogP contribution in [0.25, 0.3) is 0 Å². The predicted molar refractivity (Wildman–Crippen MR) is 63.8 cm³/mol. The molecule has 0 aliphatic heterocycles. The van der Waals surface area contributed by atoms with Gasteiger partial charge in [-0.15, -0.1) is 0 Å². The first kappa shape index (κ1) is 13.7. The average Bonchev–Trinajstić information content (AvgIpc) is 2.33. The third-order valence-corrected chi connectivity index (χ3v) is 2.16. The number of hydrogen-bond acceptors (Lipinski definition) is 3. The Morgan fingerprint density at radius 3 is 2.35 bits per heavy atom. The highest BCUT2D eigenvalue weighted by Crippen LogP contribution is 2.01. The van der Waals surface area contributed by atoms with Gasteiger partial charge < -0.3 is 14.6 Å². The van der Waals surface area contributed by atoms with Gasteiger partial charge in [-0.2, -0.15) is 0 Å². The molecule has 0 saturated heterocycles. The molecule has 0 spiro atoms. The summed E-state index contributed by atoms with van der Waals surface area (Å²) < 4.78 is 10.4. The zero-order valence-corrected chi connectivity index (χ0v) is 9.80. The molecule has 1 aromatic rings. The molecule has 94 valence electrons. The van der Waals surface area contributed by atoms with Crippen LogP contribution in [0.1, 0.15) is 18.4 Å². The van der Waals surface area contributed by atoms with Crippen molar-refractivity contribution in [3.8, 4) is 0 Å². The molecule has 1 N–H and O–H groups in total. The third-order valence-electron chi connectivity index (χ3n) is 2.16. The molecule has 0 saturated carbocycles. The van der Waals surface area contributed by atoms with E-state index in [4.69, 9.17) is 14.6 Å². The fraction of sp³-hybridized carbons (Fsp3) is 0.462. The second-order valence-corrected chi connectivity index (χ2v) is 3.69. The summed E-state index contributed by atoms with van der Waals surface area (Å²) in [4.78, 5) is 10.1. The summed E-state index contributed by atoms with van der Waals surface area (Å²) in [5.74, 6) is -0.926. The number of rotatable bonds is 9. The zero-order chi connectivity index (χ0) is 12.3. The predicted octanol–water partition coefficient (Wildman–Crippen LogP) is 2.08. The lowest BCUT2D eigenvalue weighted by Gasteiger charge is -2.04. The van der Waals surface area contributed by atoms with Gasteiger partial charge in [-0.3, -0.25) is 0 Å². The molecule has 0 bridgehead atoms. The first-order chi connectivity index (χ1) is 8.29. The Balaban J connectivity index is 1.90. The summed E-state index contributed by atoms with van der Waals surface area (Å²) in [6.07, 6.45) is 1.70. The minimum absolute atomic E-state index is 0.217. The second kappa shape index (κ2) is 8.73. The molecule has 4 heteroatoms. The largest absolute Gasteiger partial charge is 0.480 e. The van der Waals surface area contributed by atoms with Crippen molar-refractivity contribution < 1.29 is 19.4 Å². The van der Waals surface area contributed by atoms with E-state index in [0.717, 1.165) is 18.4 Å². The van der Waals surface area contributed by atoms with Crippen LogP contribution >= 0.6 is 0 Å². The molecule has 0 unspecified atom stereocenters. The monoisotopic (exact) mass is 238 g/mol. The van der Waals surface area contributed by atoms with Gasteiger partial charge in [0.05, 0.1) is 6.61 Å². The van der Waals surface area contributed by atoms with Crippen molar-refractivity contribution in [2.24, 2.45) is 0 Å². The van der Waals surface area contributed by atoms with Crippen molar-refractivity contribution in [3.05, 3.63) is 35.9 Å². The Labute approximate surface area is 101 Å². The van der Waals surface area contributed by atoms with Crippen LogP contribution in [0.3, 0.4) is 0 Å². The molecule has 0 amide bonds. The third kappa shape index (κ3) is 7.49. The van der Waals surface area contributed by atoms with Gasteiger partial charge in [0.1, 0.15) is 6.61 Å². The van der Waals surface area contributed by atoms with Gasteiger partial charge in [0.25, 0.3) is 0 Å². The molecule has 1 rings (SSSR count). The lowest BCUT2D eigenvalue weighted by atomic mass is 10.2. The standard InChI is InChI=1S/C13H18O4/c14-13(15)11-17-9-5-4-8-16-10-12-6-2-1-3-7-12/h1-3,6-7H,4-5,8-11H2,(H,14,15). The van der Waals surface area contributed by atoms with Crippen molar-refractivity contribution in [3.63, 3.8) is 0 Å². The Morgan fingerprint density at radius 2 is 1.71 bits per heavy atom.